The van der Waals surface area contributed by atoms with E-state index in [2.05, 4.69) is 27.3 Å². The minimum atomic E-state index is 0.0320. The molecule has 0 unspecified atom stereocenters. The van der Waals surface area contributed by atoms with Crippen LogP contribution < -0.4 is 0 Å². The van der Waals surface area contributed by atoms with Gasteiger partial charge >= 0.3 is 0 Å². The normalized spacial score (nSPS) is 16.2. The van der Waals surface area contributed by atoms with E-state index in [-0.39, 0.29) is 11.7 Å². The lowest BCUT2D eigenvalue weighted by molar-refractivity contribution is 0.0968. The summed E-state index contributed by atoms with van der Waals surface area (Å²) in [7, 11) is 0. The second kappa shape index (κ2) is 6.27. The molecule has 0 spiro atoms. The van der Waals surface area contributed by atoms with Crippen molar-refractivity contribution in [3.8, 4) is 11.4 Å². The minimum absolute atomic E-state index is 0.0320. The van der Waals surface area contributed by atoms with Gasteiger partial charge in [0.15, 0.2) is 11.7 Å². The number of benzene rings is 1. The van der Waals surface area contributed by atoms with E-state index in [1.807, 2.05) is 13.0 Å². The zero-order chi connectivity index (χ0) is 17.4. The Hall–Kier alpha value is -2.76. The van der Waals surface area contributed by atoms with Crippen molar-refractivity contribution in [2.75, 3.05) is 0 Å². The second-order valence-corrected chi connectivity index (χ2v) is 6.39. The first-order valence-electron chi connectivity index (χ1n) is 8.55. The summed E-state index contributed by atoms with van der Waals surface area (Å²) < 4.78 is 10.3. The number of carbonyl (C=O) groups excluding carboxylic acids is 1. The van der Waals surface area contributed by atoms with Crippen LogP contribution in [0.2, 0.25) is 0 Å². The third-order valence-electron chi connectivity index (χ3n) is 4.71. The molecule has 2 aromatic heterocycles. The van der Waals surface area contributed by atoms with Crippen molar-refractivity contribution in [1.29, 1.82) is 0 Å². The van der Waals surface area contributed by atoms with Crippen LogP contribution in [-0.2, 0) is 12.8 Å². The molecule has 0 fully saturated rings. The maximum atomic E-state index is 12.4. The molecule has 1 aliphatic carbocycles. The van der Waals surface area contributed by atoms with E-state index in [1.54, 1.807) is 6.92 Å². The molecule has 0 N–H and O–H groups in total. The van der Waals surface area contributed by atoms with Gasteiger partial charge in [-0.1, -0.05) is 24.2 Å². The second-order valence-electron chi connectivity index (χ2n) is 6.39. The van der Waals surface area contributed by atoms with Crippen LogP contribution in [0, 0.1) is 6.92 Å². The van der Waals surface area contributed by atoms with Crippen molar-refractivity contribution in [1.82, 2.24) is 15.1 Å². The van der Waals surface area contributed by atoms with E-state index in [0.29, 0.717) is 29.7 Å². The van der Waals surface area contributed by atoms with E-state index < -0.39 is 0 Å². The van der Waals surface area contributed by atoms with Gasteiger partial charge in [0.2, 0.25) is 11.7 Å². The first-order chi connectivity index (χ1) is 12.1. The first-order valence-corrected chi connectivity index (χ1v) is 8.55. The van der Waals surface area contributed by atoms with Crippen LogP contribution in [0.4, 0.5) is 0 Å². The number of hydrogen-bond donors (Lipinski definition) is 0. The van der Waals surface area contributed by atoms with Crippen molar-refractivity contribution in [3.63, 3.8) is 0 Å². The number of Topliss-reactive ketones (excluding diaryl/α,β-unsaturated/α-hetero) is 1. The van der Waals surface area contributed by atoms with Gasteiger partial charge in [-0.3, -0.25) is 4.79 Å². The van der Waals surface area contributed by atoms with Gasteiger partial charge in [-0.05, 0) is 36.0 Å². The molecule has 4 rings (SSSR count). The number of nitrogens with zero attached hydrogens (tertiary/aromatic N) is 3. The van der Waals surface area contributed by atoms with Crippen LogP contribution in [0.5, 0.6) is 0 Å². The Labute approximate surface area is 145 Å². The lowest BCUT2D eigenvalue weighted by Crippen LogP contribution is -2.06. The van der Waals surface area contributed by atoms with E-state index in [9.17, 15) is 4.79 Å². The summed E-state index contributed by atoms with van der Waals surface area (Å²) in [5.41, 5.74) is 3.87. The van der Waals surface area contributed by atoms with Crippen LogP contribution in [0.25, 0.3) is 11.4 Å². The van der Waals surface area contributed by atoms with Gasteiger partial charge in [0, 0.05) is 25.3 Å². The zero-order valence-electron chi connectivity index (χ0n) is 14.3. The maximum absolute atomic E-state index is 12.4. The van der Waals surface area contributed by atoms with E-state index in [4.69, 9.17) is 8.94 Å². The predicted molar refractivity (Wildman–Crippen MR) is 90.4 cm³/mol. The van der Waals surface area contributed by atoms with E-state index in [0.717, 1.165) is 24.8 Å². The molecule has 2 heterocycles. The Kier molecular flexibility index (Phi) is 3.95. The monoisotopic (exact) mass is 337 g/mol. The number of carbonyl (C=O) groups is 1. The number of aryl methyl sites for hydroxylation is 3. The summed E-state index contributed by atoms with van der Waals surface area (Å²) >= 11 is 0. The van der Waals surface area contributed by atoms with Crippen LogP contribution in [0.1, 0.15) is 59.1 Å². The fourth-order valence-electron chi connectivity index (χ4n) is 3.39. The quantitative estimate of drug-likeness (QED) is 0.657. The summed E-state index contributed by atoms with van der Waals surface area (Å²) in [6, 6.07) is 6.21. The van der Waals surface area contributed by atoms with Gasteiger partial charge in [-0.15, -0.1) is 0 Å². The molecule has 0 radical (unpaired) electrons. The minimum Gasteiger partial charge on any atom is -0.449 e. The summed E-state index contributed by atoms with van der Waals surface area (Å²) in [6.45, 7) is 3.73. The Bertz CT molecular complexity index is 926. The lowest BCUT2D eigenvalue weighted by atomic mass is 9.94. The molecule has 6 heteroatoms. The number of fused-ring (bicyclic) bond motifs is 1. The highest BCUT2D eigenvalue weighted by molar-refractivity contribution is 5.94. The summed E-state index contributed by atoms with van der Waals surface area (Å²) in [5.74, 6) is 2.04. The Balaban J connectivity index is 1.54. The molecule has 1 aliphatic rings. The standard InChI is InChI=1S/C19H19N3O3/c1-3-18-21-19(22-25-18)14-6-7-15-12(8-14)4-5-13(15)9-17(23)16-10-24-11(2)20-16/h6-8,10,13H,3-5,9H2,1-2H3/t13-/m0/s1. The maximum Gasteiger partial charge on any atom is 0.226 e. The predicted octanol–water partition coefficient (Wildman–Crippen LogP) is 3.90. The first kappa shape index (κ1) is 15.7. The number of aromatic nitrogens is 3. The van der Waals surface area contributed by atoms with Crippen LogP contribution in [0.15, 0.2) is 33.4 Å². The highest BCUT2D eigenvalue weighted by atomic mass is 16.5. The van der Waals surface area contributed by atoms with Crippen LogP contribution in [-0.4, -0.2) is 20.9 Å². The lowest BCUT2D eigenvalue weighted by Gasteiger charge is -2.10. The Morgan fingerprint density at radius 3 is 2.92 bits per heavy atom. The van der Waals surface area contributed by atoms with Crippen molar-refractivity contribution in [2.24, 2.45) is 0 Å². The number of ketones is 1. The highest BCUT2D eigenvalue weighted by Crippen LogP contribution is 2.38. The molecule has 0 bridgehead atoms. The van der Waals surface area contributed by atoms with Crippen molar-refractivity contribution in [2.45, 2.75) is 45.4 Å². The van der Waals surface area contributed by atoms with E-state index in [1.165, 1.54) is 17.4 Å². The average Bonchev–Trinajstić information content (AvgIpc) is 3.34. The SMILES string of the molecule is CCc1nc(-c2ccc3c(c2)CC[C@H]3CC(=O)c2coc(C)n2)no1. The Morgan fingerprint density at radius 1 is 1.32 bits per heavy atom. The number of rotatable bonds is 5. The Morgan fingerprint density at radius 2 is 2.20 bits per heavy atom. The van der Waals surface area contributed by atoms with Gasteiger partial charge in [-0.2, -0.15) is 4.98 Å². The fourth-order valence-corrected chi connectivity index (χ4v) is 3.39. The van der Waals surface area contributed by atoms with Gasteiger partial charge in [0.25, 0.3) is 0 Å². The molecular weight excluding hydrogens is 318 g/mol. The van der Waals surface area contributed by atoms with Crippen LogP contribution in [0.3, 0.4) is 0 Å². The van der Waals surface area contributed by atoms with Crippen molar-refractivity contribution < 1.29 is 13.7 Å². The molecule has 0 saturated carbocycles. The largest absolute Gasteiger partial charge is 0.449 e. The molecular formula is C19H19N3O3. The topological polar surface area (TPSA) is 82.0 Å². The average molecular weight is 337 g/mol. The third-order valence-corrected chi connectivity index (χ3v) is 4.71. The van der Waals surface area contributed by atoms with Crippen molar-refractivity contribution in [3.05, 3.63) is 53.1 Å². The molecule has 1 atom stereocenters. The smallest absolute Gasteiger partial charge is 0.226 e. The van der Waals surface area contributed by atoms with Gasteiger partial charge in [0.05, 0.1) is 0 Å². The van der Waals surface area contributed by atoms with Gasteiger partial charge < -0.3 is 8.94 Å². The van der Waals surface area contributed by atoms with Gasteiger partial charge in [0.1, 0.15) is 12.0 Å². The summed E-state index contributed by atoms with van der Waals surface area (Å²) in [5, 5.41) is 4.03. The third kappa shape index (κ3) is 2.99. The summed E-state index contributed by atoms with van der Waals surface area (Å²) in [4.78, 5) is 20.9. The number of oxazole rings is 1. The molecule has 0 saturated heterocycles. The highest BCUT2D eigenvalue weighted by Gasteiger charge is 2.26. The molecule has 25 heavy (non-hydrogen) atoms. The van der Waals surface area contributed by atoms with Gasteiger partial charge in [-0.25, -0.2) is 4.98 Å². The molecule has 0 amide bonds. The zero-order valence-corrected chi connectivity index (χ0v) is 14.3. The van der Waals surface area contributed by atoms with Crippen LogP contribution >= 0.6 is 0 Å². The summed E-state index contributed by atoms with van der Waals surface area (Å²) in [6.07, 6.45) is 4.55. The molecule has 6 nitrogen and oxygen atoms in total. The van der Waals surface area contributed by atoms with Crippen molar-refractivity contribution >= 4 is 5.78 Å². The molecule has 0 aliphatic heterocycles. The molecule has 128 valence electrons. The molecule has 1 aromatic carbocycles. The number of hydrogen-bond acceptors (Lipinski definition) is 6. The molecule has 3 aromatic rings. The van der Waals surface area contributed by atoms with E-state index >= 15 is 0 Å². The fraction of sp³-hybridized carbons (Fsp3) is 0.368.